The van der Waals surface area contributed by atoms with Crippen LogP contribution in [-0.2, 0) is 0 Å². The number of nitrogens with zero attached hydrogens (tertiary/aromatic N) is 3. The first-order chi connectivity index (χ1) is 8.22. The van der Waals surface area contributed by atoms with Crippen molar-refractivity contribution in [1.29, 1.82) is 0 Å². The van der Waals surface area contributed by atoms with Gasteiger partial charge < -0.3 is 4.74 Å². The molecule has 0 spiro atoms. The second-order valence-corrected chi connectivity index (χ2v) is 3.43. The first-order valence-corrected chi connectivity index (χ1v) is 5.04. The second kappa shape index (κ2) is 4.69. The molecule has 0 radical (unpaired) electrons. The molecule has 86 valence electrons. The summed E-state index contributed by atoms with van der Waals surface area (Å²) in [7, 11) is 1.46. The predicted molar refractivity (Wildman–Crippen MR) is 61.0 cm³/mol. The first kappa shape index (κ1) is 11.2. The molecule has 0 fully saturated rings. The largest absolute Gasteiger partial charge is 0.479 e. The number of hydrogen-bond donors (Lipinski definition) is 0. The monoisotopic (exact) mass is 229 g/mol. The van der Waals surface area contributed by atoms with E-state index in [4.69, 9.17) is 4.74 Å². The van der Waals surface area contributed by atoms with Crippen LogP contribution in [0.1, 0.15) is 21.7 Å². The van der Waals surface area contributed by atoms with Crippen LogP contribution in [0.5, 0.6) is 5.88 Å². The van der Waals surface area contributed by atoms with E-state index in [0.717, 1.165) is 5.69 Å². The Morgan fingerprint density at radius 2 is 1.94 bits per heavy atom. The summed E-state index contributed by atoms with van der Waals surface area (Å²) in [6.07, 6.45) is 4.53. The third kappa shape index (κ3) is 2.28. The summed E-state index contributed by atoms with van der Waals surface area (Å²) in [5, 5.41) is 0. The van der Waals surface area contributed by atoms with Crippen LogP contribution in [0.4, 0.5) is 0 Å². The quantitative estimate of drug-likeness (QED) is 0.745. The molecule has 2 aromatic rings. The van der Waals surface area contributed by atoms with Crippen LogP contribution in [-0.4, -0.2) is 27.8 Å². The lowest BCUT2D eigenvalue weighted by molar-refractivity contribution is 0.103. The molecule has 0 amide bonds. The molecule has 0 aliphatic rings. The smallest absolute Gasteiger partial charge is 0.243 e. The molecule has 0 N–H and O–H groups in total. The molecule has 0 saturated carbocycles. The van der Waals surface area contributed by atoms with Crippen LogP contribution in [0.3, 0.4) is 0 Å². The molecule has 0 aromatic carbocycles. The van der Waals surface area contributed by atoms with E-state index in [2.05, 4.69) is 15.0 Å². The van der Waals surface area contributed by atoms with Crippen molar-refractivity contribution in [2.75, 3.05) is 7.11 Å². The van der Waals surface area contributed by atoms with Gasteiger partial charge in [0, 0.05) is 29.8 Å². The van der Waals surface area contributed by atoms with Gasteiger partial charge >= 0.3 is 0 Å². The Kier molecular flexibility index (Phi) is 3.09. The highest BCUT2D eigenvalue weighted by Gasteiger charge is 2.16. The first-order valence-electron chi connectivity index (χ1n) is 5.04. The summed E-state index contributed by atoms with van der Waals surface area (Å²) in [5.74, 6) is 0.00687. The maximum Gasteiger partial charge on any atom is 0.243 e. The number of carbonyl (C=O) groups is 1. The Morgan fingerprint density at radius 1 is 1.18 bits per heavy atom. The molecular weight excluding hydrogens is 218 g/mol. The normalized spacial score (nSPS) is 10.0. The Hall–Kier alpha value is -2.30. The summed E-state index contributed by atoms with van der Waals surface area (Å²) < 4.78 is 5.01. The Labute approximate surface area is 98.5 Å². The van der Waals surface area contributed by atoms with Gasteiger partial charge in [-0.05, 0) is 19.1 Å². The van der Waals surface area contributed by atoms with E-state index in [1.54, 1.807) is 18.3 Å². The fourth-order valence-corrected chi connectivity index (χ4v) is 1.45. The molecule has 0 aliphatic heterocycles. The molecule has 0 unspecified atom stereocenters. The molecule has 17 heavy (non-hydrogen) atoms. The van der Waals surface area contributed by atoms with E-state index in [-0.39, 0.29) is 17.4 Å². The lowest BCUT2D eigenvalue weighted by Gasteiger charge is -2.05. The molecule has 2 heterocycles. The number of ether oxygens (including phenoxy) is 1. The number of ketones is 1. The van der Waals surface area contributed by atoms with Crippen LogP contribution < -0.4 is 4.74 Å². The van der Waals surface area contributed by atoms with E-state index < -0.39 is 0 Å². The van der Waals surface area contributed by atoms with Crippen molar-refractivity contribution in [1.82, 2.24) is 15.0 Å². The number of hydrogen-bond acceptors (Lipinski definition) is 5. The number of aryl methyl sites for hydroxylation is 1. The maximum absolute atomic E-state index is 12.2. The van der Waals surface area contributed by atoms with Crippen molar-refractivity contribution in [3.8, 4) is 5.88 Å². The lowest BCUT2D eigenvalue weighted by Crippen LogP contribution is -2.08. The summed E-state index contributed by atoms with van der Waals surface area (Å²) >= 11 is 0. The van der Waals surface area contributed by atoms with E-state index in [1.807, 2.05) is 6.92 Å². The van der Waals surface area contributed by atoms with E-state index in [0.29, 0.717) is 5.56 Å². The lowest BCUT2D eigenvalue weighted by atomic mass is 10.1. The van der Waals surface area contributed by atoms with Crippen molar-refractivity contribution in [2.24, 2.45) is 0 Å². The second-order valence-electron chi connectivity index (χ2n) is 3.43. The topological polar surface area (TPSA) is 65.0 Å². The molecule has 5 heteroatoms. The van der Waals surface area contributed by atoms with Gasteiger partial charge in [0.1, 0.15) is 0 Å². The van der Waals surface area contributed by atoms with Gasteiger partial charge in [-0.25, -0.2) is 9.97 Å². The standard InChI is InChI=1S/C12H11N3O2/c1-8-7-9(3-4-13-8)11(16)10-12(17-2)15-6-5-14-10/h3-7H,1-2H3. The molecular formula is C12H11N3O2. The van der Waals surface area contributed by atoms with Gasteiger partial charge in [0.15, 0.2) is 5.69 Å². The fourth-order valence-electron chi connectivity index (χ4n) is 1.45. The van der Waals surface area contributed by atoms with E-state index >= 15 is 0 Å². The third-order valence-electron chi connectivity index (χ3n) is 2.23. The van der Waals surface area contributed by atoms with Crippen molar-refractivity contribution in [3.63, 3.8) is 0 Å². The average Bonchev–Trinajstić information content (AvgIpc) is 2.38. The van der Waals surface area contributed by atoms with Crippen LogP contribution in [0, 0.1) is 6.92 Å². The molecule has 5 nitrogen and oxygen atoms in total. The fraction of sp³-hybridized carbons (Fsp3) is 0.167. The highest BCUT2D eigenvalue weighted by atomic mass is 16.5. The highest BCUT2D eigenvalue weighted by molar-refractivity contribution is 6.09. The van der Waals surface area contributed by atoms with Crippen LogP contribution in [0.25, 0.3) is 0 Å². The number of carbonyl (C=O) groups excluding carboxylic acids is 1. The summed E-state index contributed by atoms with van der Waals surface area (Å²) in [6.45, 7) is 1.82. The van der Waals surface area contributed by atoms with Crippen LogP contribution >= 0.6 is 0 Å². The van der Waals surface area contributed by atoms with Crippen molar-refractivity contribution < 1.29 is 9.53 Å². The summed E-state index contributed by atoms with van der Waals surface area (Å²) in [5.41, 5.74) is 1.51. The van der Waals surface area contributed by atoms with Gasteiger partial charge in [-0.2, -0.15) is 0 Å². The van der Waals surface area contributed by atoms with Crippen LogP contribution in [0.15, 0.2) is 30.7 Å². The molecule has 0 atom stereocenters. The molecule has 0 aliphatic carbocycles. The van der Waals surface area contributed by atoms with Gasteiger partial charge in [-0.3, -0.25) is 9.78 Å². The third-order valence-corrected chi connectivity index (χ3v) is 2.23. The zero-order valence-electron chi connectivity index (χ0n) is 9.54. The Bertz CT molecular complexity index is 555. The summed E-state index contributed by atoms with van der Waals surface area (Å²) in [6, 6.07) is 3.35. The predicted octanol–water partition coefficient (Wildman–Crippen LogP) is 1.42. The minimum atomic E-state index is -0.222. The van der Waals surface area contributed by atoms with Crippen molar-refractivity contribution >= 4 is 5.78 Å². The van der Waals surface area contributed by atoms with Gasteiger partial charge in [0.2, 0.25) is 11.7 Å². The zero-order chi connectivity index (χ0) is 12.3. The molecule has 2 rings (SSSR count). The number of methoxy groups -OCH3 is 1. The minimum absolute atomic E-state index is 0.209. The van der Waals surface area contributed by atoms with Crippen molar-refractivity contribution in [2.45, 2.75) is 6.92 Å². The number of pyridine rings is 1. The van der Waals surface area contributed by atoms with Crippen molar-refractivity contribution in [3.05, 3.63) is 47.7 Å². The summed E-state index contributed by atoms with van der Waals surface area (Å²) in [4.78, 5) is 24.1. The SMILES string of the molecule is COc1nccnc1C(=O)c1ccnc(C)c1. The van der Waals surface area contributed by atoms with Gasteiger partial charge in [0.05, 0.1) is 7.11 Å². The average molecular weight is 229 g/mol. The number of aromatic nitrogens is 3. The van der Waals surface area contributed by atoms with Gasteiger partial charge in [-0.15, -0.1) is 0 Å². The maximum atomic E-state index is 12.2. The molecule has 0 bridgehead atoms. The van der Waals surface area contributed by atoms with Gasteiger partial charge in [0.25, 0.3) is 0 Å². The molecule has 2 aromatic heterocycles. The minimum Gasteiger partial charge on any atom is -0.479 e. The Balaban J connectivity index is 2.44. The zero-order valence-corrected chi connectivity index (χ0v) is 9.54. The Morgan fingerprint density at radius 3 is 2.65 bits per heavy atom. The van der Waals surface area contributed by atoms with Gasteiger partial charge in [-0.1, -0.05) is 0 Å². The molecule has 0 saturated heterocycles. The van der Waals surface area contributed by atoms with E-state index in [1.165, 1.54) is 19.5 Å². The number of rotatable bonds is 3. The highest BCUT2D eigenvalue weighted by Crippen LogP contribution is 2.15. The van der Waals surface area contributed by atoms with E-state index in [9.17, 15) is 4.79 Å². The van der Waals surface area contributed by atoms with Crippen LogP contribution in [0.2, 0.25) is 0 Å².